The average molecular weight is 343 g/mol. The summed E-state index contributed by atoms with van der Waals surface area (Å²) < 4.78 is 22.1. The molecular formula is C18H18FN3O3. The highest BCUT2D eigenvalue weighted by Gasteiger charge is 2.25. The van der Waals surface area contributed by atoms with Crippen molar-refractivity contribution in [3.05, 3.63) is 62.4 Å². The smallest absolute Gasteiger partial charge is 0.340 e. The van der Waals surface area contributed by atoms with Crippen LogP contribution >= 0.6 is 0 Å². The molecule has 0 atom stereocenters. The molecule has 1 aromatic rings. The second-order valence-corrected chi connectivity index (χ2v) is 6.11. The van der Waals surface area contributed by atoms with Gasteiger partial charge in [-0.2, -0.15) is 0 Å². The Bertz CT molecular complexity index is 1030. The van der Waals surface area contributed by atoms with Crippen molar-refractivity contribution < 1.29 is 9.13 Å². The summed E-state index contributed by atoms with van der Waals surface area (Å²) in [7, 11) is 0. The number of hydrogen-bond donors (Lipinski definition) is 1. The molecular weight excluding hydrogens is 325 g/mol. The number of aryl methyl sites for hydroxylation is 1. The lowest BCUT2D eigenvalue weighted by molar-refractivity contribution is 0.338. The molecule has 2 aliphatic heterocycles. The number of aromatic nitrogens is 3. The first-order valence-electron chi connectivity index (χ1n) is 8.41. The number of ether oxygens (including phenoxy) is 1. The number of nitrogens with one attached hydrogen (secondary N) is 1. The van der Waals surface area contributed by atoms with E-state index in [1.165, 1.54) is 22.9 Å². The van der Waals surface area contributed by atoms with Crippen LogP contribution in [0.3, 0.4) is 0 Å². The summed E-state index contributed by atoms with van der Waals surface area (Å²) in [6, 6.07) is 4.14. The Morgan fingerprint density at radius 3 is 2.72 bits per heavy atom. The fourth-order valence-corrected chi connectivity index (χ4v) is 3.47. The molecule has 6 nitrogen and oxygen atoms in total. The fourth-order valence-electron chi connectivity index (χ4n) is 3.47. The molecule has 0 radical (unpaired) electrons. The van der Waals surface area contributed by atoms with E-state index in [9.17, 15) is 14.0 Å². The maximum absolute atomic E-state index is 14.5. The molecule has 3 aliphatic rings. The molecule has 4 rings (SSSR count). The Balaban J connectivity index is 1.96. The first kappa shape index (κ1) is 15.7. The lowest BCUT2D eigenvalue weighted by Crippen LogP contribution is -2.28. The highest BCUT2D eigenvalue weighted by Crippen LogP contribution is 2.23. The van der Waals surface area contributed by atoms with E-state index < -0.39 is 17.1 Å². The number of benzene rings is 1. The number of fused-ring (bicyclic) bond motifs is 3. The Labute approximate surface area is 142 Å². The molecule has 130 valence electrons. The van der Waals surface area contributed by atoms with Gasteiger partial charge in [-0.1, -0.05) is 0 Å². The predicted octanol–water partition coefficient (Wildman–Crippen LogP) is 2.17. The van der Waals surface area contributed by atoms with E-state index in [4.69, 9.17) is 4.74 Å². The van der Waals surface area contributed by atoms with Crippen molar-refractivity contribution in [3.8, 4) is 17.1 Å². The number of hydrogen-bond acceptors (Lipinski definition) is 3. The first-order valence-corrected chi connectivity index (χ1v) is 8.41. The molecule has 1 aromatic carbocycles. The zero-order chi connectivity index (χ0) is 17.6. The van der Waals surface area contributed by atoms with Crippen molar-refractivity contribution >= 4 is 0 Å². The summed E-state index contributed by atoms with van der Waals surface area (Å²) in [5, 5.41) is 0. The molecule has 0 unspecified atom stereocenters. The van der Waals surface area contributed by atoms with Gasteiger partial charge in [0.05, 0.1) is 12.3 Å². The van der Waals surface area contributed by atoms with Gasteiger partial charge in [-0.05, 0) is 44.7 Å². The van der Waals surface area contributed by atoms with Gasteiger partial charge in [-0.3, -0.25) is 9.36 Å². The van der Waals surface area contributed by atoms with Gasteiger partial charge in [-0.25, -0.2) is 13.8 Å². The van der Waals surface area contributed by atoms with Gasteiger partial charge < -0.3 is 9.72 Å². The molecule has 0 fully saturated rings. The van der Waals surface area contributed by atoms with Crippen LogP contribution in [0.4, 0.5) is 4.39 Å². The quantitative estimate of drug-likeness (QED) is 0.792. The Morgan fingerprint density at radius 2 is 1.96 bits per heavy atom. The molecule has 0 spiro atoms. The summed E-state index contributed by atoms with van der Waals surface area (Å²) in [6.45, 7) is 2.20. The second kappa shape index (κ2) is 5.91. The van der Waals surface area contributed by atoms with Crippen LogP contribution < -0.4 is 16.0 Å². The van der Waals surface area contributed by atoms with Gasteiger partial charge in [0.2, 0.25) is 0 Å². The summed E-state index contributed by atoms with van der Waals surface area (Å²) >= 11 is 0. The van der Waals surface area contributed by atoms with Gasteiger partial charge in [0.15, 0.2) is 5.82 Å². The van der Waals surface area contributed by atoms with Crippen molar-refractivity contribution in [2.45, 2.75) is 32.6 Å². The zero-order valence-electron chi connectivity index (χ0n) is 13.8. The topological polar surface area (TPSA) is 69.0 Å². The Morgan fingerprint density at radius 1 is 1.16 bits per heavy atom. The minimum Gasteiger partial charge on any atom is -0.494 e. The lowest BCUT2D eigenvalue weighted by Gasteiger charge is -2.18. The van der Waals surface area contributed by atoms with E-state index in [2.05, 4.69) is 4.98 Å². The van der Waals surface area contributed by atoms with Crippen LogP contribution in [0.15, 0.2) is 34.0 Å². The fraction of sp³-hybridized carbons (Fsp3) is 0.333. The van der Waals surface area contributed by atoms with Crippen LogP contribution in [0, 0.1) is 5.82 Å². The van der Waals surface area contributed by atoms with Crippen LogP contribution in [0.5, 0.6) is 5.75 Å². The summed E-state index contributed by atoms with van der Waals surface area (Å²) in [4.78, 5) is 28.7. The number of halogens is 1. The van der Waals surface area contributed by atoms with E-state index in [1.807, 2.05) is 0 Å². The van der Waals surface area contributed by atoms with Crippen molar-refractivity contribution in [3.63, 3.8) is 0 Å². The van der Waals surface area contributed by atoms with Crippen molar-refractivity contribution in [1.29, 1.82) is 0 Å². The van der Waals surface area contributed by atoms with Crippen molar-refractivity contribution in [2.75, 3.05) is 6.61 Å². The van der Waals surface area contributed by atoms with Gasteiger partial charge in [-0.15, -0.1) is 0 Å². The normalized spacial score (nSPS) is 13.8. The minimum atomic E-state index is -0.668. The highest BCUT2D eigenvalue weighted by atomic mass is 19.1. The number of imidazole rings is 1. The molecule has 1 aliphatic carbocycles. The van der Waals surface area contributed by atoms with Crippen LogP contribution in [-0.2, 0) is 12.8 Å². The van der Waals surface area contributed by atoms with Crippen LogP contribution in [0.1, 0.15) is 31.2 Å². The van der Waals surface area contributed by atoms with E-state index in [0.717, 1.165) is 41.6 Å². The van der Waals surface area contributed by atoms with Gasteiger partial charge >= 0.3 is 5.69 Å². The van der Waals surface area contributed by atoms with Crippen molar-refractivity contribution in [2.24, 2.45) is 0 Å². The van der Waals surface area contributed by atoms with Gasteiger partial charge in [0, 0.05) is 23.7 Å². The minimum absolute atomic E-state index is 0.0632. The first-order chi connectivity index (χ1) is 12.1. The predicted molar refractivity (Wildman–Crippen MR) is 90.9 cm³/mol. The lowest BCUT2D eigenvalue weighted by atomic mass is 10.00. The number of nitrogens with zero attached hydrogens (tertiary/aromatic N) is 2. The van der Waals surface area contributed by atoms with E-state index in [-0.39, 0.29) is 11.4 Å². The largest absolute Gasteiger partial charge is 0.494 e. The van der Waals surface area contributed by atoms with Crippen LogP contribution in [0.2, 0.25) is 0 Å². The standard InChI is InChI=1S/C18H18FN3O3/c1-2-25-11-7-8-14(12(19)9-11)22-17(23)16-10-20-13-5-3-4-6-15(13)21(16)18(22)24/h7-10,20H,2-6H2,1H3. The molecule has 0 saturated heterocycles. The average Bonchev–Trinajstić information content (AvgIpc) is 2.87. The van der Waals surface area contributed by atoms with E-state index in [0.29, 0.717) is 12.4 Å². The molecule has 1 N–H and O–H groups in total. The molecule has 0 bridgehead atoms. The second-order valence-electron chi connectivity index (χ2n) is 6.11. The SMILES string of the molecule is CCOc1ccc(-n2c(=O)c3c[nH]c4c(n-3c2=O)CCCC4)c(F)c1. The van der Waals surface area contributed by atoms with Crippen LogP contribution in [-0.4, -0.2) is 20.7 Å². The molecule has 2 heterocycles. The number of rotatable bonds is 3. The third-order valence-corrected chi connectivity index (χ3v) is 4.61. The van der Waals surface area contributed by atoms with E-state index >= 15 is 0 Å². The molecule has 7 heteroatoms. The van der Waals surface area contributed by atoms with Crippen LogP contribution in [0.25, 0.3) is 11.4 Å². The molecule has 0 amide bonds. The monoisotopic (exact) mass is 343 g/mol. The number of H-pyrrole nitrogens is 1. The van der Waals surface area contributed by atoms with Crippen molar-refractivity contribution in [1.82, 2.24) is 14.1 Å². The summed E-state index contributed by atoms with van der Waals surface area (Å²) in [5.41, 5.74) is 0.889. The molecule has 0 aromatic heterocycles. The zero-order valence-corrected chi connectivity index (χ0v) is 13.8. The Kier molecular flexibility index (Phi) is 3.71. The number of aromatic amines is 1. The highest BCUT2D eigenvalue weighted by molar-refractivity contribution is 5.44. The summed E-state index contributed by atoms with van der Waals surface area (Å²) in [5.74, 6) is -0.308. The molecule has 25 heavy (non-hydrogen) atoms. The van der Waals surface area contributed by atoms with Gasteiger partial charge in [0.25, 0.3) is 5.56 Å². The molecule has 0 saturated carbocycles. The summed E-state index contributed by atoms with van der Waals surface area (Å²) in [6.07, 6.45) is 5.11. The van der Waals surface area contributed by atoms with E-state index in [1.54, 1.807) is 13.0 Å². The van der Waals surface area contributed by atoms with Gasteiger partial charge in [0.1, 0.15) is 11.4 Å². The maximum atomic E-state index is 14.5. The maximum Gasteiger partial charge on any atom is 0.340 e. The Hall–Kier alpha value is -2.83. The third-order valence-electron chi connectivity index (χ3n) is 4.61. The third kappa shape index (κ3) is 2.38.